The molecule has 3 rings (SSSR count). The van der Waals surface area contributed by atoms with Gasteiger partial charge >= 0.3 is 16.8 Å². The number of aromatic nitrogens is 1. The van der Waals surface area contributed by atoms with Crippen molar-refractivity contribution in [2.75, 3.05) is 26.2 Å². The fourth-order valence-electron chi connectivity index (χ4n) is 3.43. The molecule has 0 saturated carbocycles. The zero-order valence-corrected chi connectivity index (χ0v) is 20.6. The van der Waals surface area contributed by atoms with Gasteiger partial charge in [-0.05, 0) is 64.2 Å². The Bertz CT molecular complexity index is 633. The van der Waals surface area contributed by atoms with Crippen LogP contribution in [-0.2, 0) is 16.8 Å². The van der Waals surface area contributed by atoms with Crippen LogP contribution in [0.25, 0.3) is 0 Å². The van der Waals surface area contributed by atoms with Crippen molar-refractivity contribution >= 4 is 11.4 Å². The first kappa shape index (κ1) is 29.1. The summed E-state index contributed by atoms with van der Waals surface area (Å²) < 4.78 is 0. The third kappa shape index (κ3) is 9.07. The van der Waals surface area contributed by atoms with E-state index >= 15 is 0 Å². The number of nitrogens with one attached hydrogen (secondary N) is 2. The van der Waals surface area contributed by atoms with E-state index in [0.717, 1.165) is 54.6 Å². The van der Waals surface area contributed by atoms with E-state index in [1.165, 1.54) is 38.5 Å². The summed E-state index contributed by atoms with van der Waals surface area (Å²) >= 11 is 0. The Hall–Kier alpha value is -0.904. The number of hydrogen-bond donors (Lipinski definition) is 2. The molecular formula is C20H33Cl2CoN7. The average Bonchev–Trinajstić information content (AvgIpc) is 2.71. The van der Waals surface area contributed by atoms with Gasteiger partial charge in [0.15, 0.2) is 0 Å². The maximum atomic E-state index is 4.78. The number of hydrogen-bond acceptors (Lipinski definition) is 7. The van der Waals surface area contributed by atoms with Crippen LogP contribution in [0, 0.1) is 6.92 Å². The summed E-state index contributed by atoms with van der Waals surface area (Å²) in [6.45, 7) is 10.3. The van der Waals surface area contributed by atoms with Gasteiger partial charge in [0.05, 0.1) is 22.8 Å². The number of aryl methyl sites for hydroxylation is 1. The molecule has 0 amide bonds. The molecule has 0 atom stereocenters. The second-order valence-corrected chi connectivity index (χ2v) is 7.60. The number of nitrogens with zero attached hydrogens (tertiary/aromatic N) is 5. The van der Waals surface area contributed by atoms with Crippen molar-refractivity contribution in [1.29, 1.82) is 0 Å². The monoisotopic (exact) mass is 500 g/mol. The molecule has 1 aromatic rings. The van der Waals surface area contributed by atoms with E-state index in [2.05, 4.69) is 50.3 Å². The summed E-state index contributed by atoms with van der Waals surface area (Å²) in [6, 6.07) is 4.15. The van der Waals surface area contributed by atoms with Gasteiger partial charge in [0.2, 0.25) is 0 Å². The van der Waals surface area contributed by atoms with Crippen molar-refractivity contribution in [3.63, 3.8) is 0 Å². The average molecular weight is 501 g/mol. The summed E-state index contributed by atoms with van der Waals surface area (Å²) in [5.74, 6) is 0. The second-order valence-electron chi connectivity index (χ2n) is 7.60. The van der Waals surface area contributed by atoms with Gasteiger partial charge in [0, 0.05) is 26.2 Å². The molecule has 10 heteroatoms. The van der Waals surface area contributed by atoms with E-state index in [4.69, 9.17) is 4.98 Å². The molecule has 2 aliphatic heterocycles. The normalized spacial score (nSPS) is 18.5. The van der Waals surface area contributed by atoms with Crippen LogP contribution in [0.1, 0.15) is 69.3 Å². The van der Waals surface area contributed by atoms with Crippen molar-refractivity contribution in [3.05, 3.63) is 29.1 Å². The number of hydrazine groups is 2. The summed E-state index contributed by atoms with van der Waals surface area (Å²) in [6.07, 6.45) is 7.55. The Morgan fingerprint density at radius 1 is 0.767 bits per heavy atom. The van der Waals surface area contributed by atoms with Crippen LogP contribution in [0.4, 0.5) is 0 Å². The fourth-order valence-corrected chi connectivity index (χ4v) is 3.43. The van der Waals surface area contributed by atoms with E-state index < -0.39 is 0 Å². The Morgan fingerprint density at radius 2 is 1.13 bits per heavy atom. The van der Waals surface area contributed by atoms with E-state index in [1.54, 1.807) is 0 Å². The topological polar surface area (TPSA) is 68.2 Å². The second kappa shape index (κ2) is 15.0. The van der Waals surface area contributed by atoms with E-state index in [-0.39, 0.29) is 41.6 Å². The molecule has 0 bridgehead atoms. The van der Waals surface area contributed by atoms with Gasteiger partial charge in [-0.3, -0.25) is 0 Å². The largest absolute Gasteiger partial charge is 2.00 e. The van der Waals surface area contributed by atoms with Crippen LogP contribution in [0.5, 0.6) is 0 Å². The van der Waals surface area contributed by atoms with Crippen molar-refractivity contribution < 1.29 is 41.6 Å². The van der Waals surface area contributed by atoms with Crippen LogP contribution in [0.15, 0.2) is 22.3 Å². The minimum atomic E-state index is 0. The predicted molar refractivity (Wildman–Crippen MR) is 111 cm³/mol. The zero-order valence-electron chi connectivity index (χ0n) is 18.1. The molecule has 0 aliphatic carbocycles. The molecule has 0 spiro atoms. The summed E-state index contributed by atoms with van der Waals surface area (Å²) in [5, 5.41) is 13.4. The Morgan fingerprint density at radius 3 is 1.50 bits per heavy atom. The van der Waals surface area contributed by atoms with Crippen LogP contribution >= 0.6 is 0 Å². The van der Waals surface area contributed by atoms with Crippen LogP contribution in [-0.4, -0.2) is 52.6 Å². The molecule has 2 fully saturated rings. The van der Waals surface area contributed by atoms with E-state index in [9.17, 15) is 0 Å². The Balaban J connectivity index is 0.00000280. The first-order chi connectivity index (χ1) is 13.1. The Kier molecular flexibility index (Phi) is 14.5. The molecule has 30 heavy (non-hydrogen) atoms. The van der Waals surface area contributed by atoms with Gasteiger partial charge < -0.3 is 24.8 Å². The van der Waals surface area contributed by atoms with Crippen LogP contribution in [0.2, 0.25) is 0 Å². The molecular weight excluding hydrogens is 468 g/mol. The van der Waals surface area contributed by atoms with Crippen molar-refractivity contribution in [1.82, 2.24) is 26.1 Å². The maximum Gasteiger partial charge on any atom is 2.00 e. The van der Waals surface area contributed by atoms with Gasteiger partial charge in [-0.25, -0.2) is 26.1 Å². The smallest absolute Gasteiger partial charge is 1.00 e. The predicted octanol–water partition coefficient (Wildman–Crippen LogP) is -3.18. The summed E-state index contributed by atoms with van der Waals surface area (Å²) in [5.41, 5.74) is 11.1. The quantitative estimate of drug-likeness (QED) is 0.318. The molecule has 1 aromatic heterocycles. The number of hydrazone groups is 2. The molecule has 0 aromatic carbocycles. The summed E-state index contributed by atoms with van der Waals surface area (Å²) in [4.78, 5) is 4.78. The molecule has 0 unspecified atom stereocenters. The van der Waals surface area contributed by atoms with Crippen molar-refractivity contribution in [3.8, 4) is 0 Å². The van der Waals surface area contributed by atoms with Crippen molar-refractivity contribution in [2.24, 2.45) is 10.2 Å². The van der Waals surface area contributed by atoms with Gasteiger partial charge in [0.25, 0.3) is 0 Å². The molecule has 2 N–H and O–H groups in total. The standard InChI is InChI=1S/C20H33N7.2ClH.Co/c1-16-14-19(17(2)22-24-26-10-6-4-7-11-26)21-20(15-16)18(3)23-25-27-12-8-5-9-13-27;;;/h14-15,24-25H,4-13H2,1-3H3;2*1H;/q;;;+2/p-2. The van der Waals surface area contributed by atoms with Crippen molar-refractivity contribution in [2.45, 2.75) is 59.3 Å². The molecule has 7 nitrogen and oxygen atoms in total. The molecule has 2 saturated heterocycles. The van der Waals surface area contributed by atoms with Crippen LogP contribution < -0.4 is 35.9 Å². The molecule has 3 heterocycles. The minimum absolute atomic E-state index is 0. The van der Waals surface area contributed by atoms with Gasteiger partial charge in [0.1, 0.15) is 0 Å². The summed E-state index contributed by atoms with van der Waals surface area (Å²) in [7, 11) is 0. The zero-order chi connectivity index (χ0) is 19.1. The fraction of sp³-hybridized carbons (Fsp3) is 0.650. The van der Waals surface area contributed by atoms with Gasteiger partial charge in [-0.15, -0.1) is 0 Å². The third-order valence-corrected chi connectivity index (χ3v) is 5.14. The SMILES string of the molecule is CC(=NNN1CCCCC1)c1cc(C)cc(C(C)=NNN2CCCCC2)n1.[Cl-].[Cl-].[Co+2]. The third-order valence-electron chi connectivity index (χ3n) is 5.14. The Labute approximate surface area is 203 Å². The first-order valence-corrected chi connectivity index (χ1v) is 10.2. The number of piperidine rings is 2. The molecule has 2 aliphatic rings. The van der Waals surface area contributed by atoms with E-state index in [1.807, 2.05) is 13.8 Å². The maximum absolute atomic E-state index is 4.78. The molecule has 1 radical (unpaired) electrons. The number of rotatable bonds is 6. The molecule has 171 valence electrons. The van der Waals surface area contributed by atoms with Crippen LogP contribution in [0.3, 0.4) is 0 Å². The van der Waals surface area contributed by atoms with Gasteiger partial charge in [-0.2, -0.15) is 10.2 Å². The number of pyridine rings is 1. The van der Waals surface area contributed by atoms with E-state index in [0.29, 0.717) is 0 Å². The number of halogens is 2. The van der Waals surface area contributed by atoms with Gasteiger partial charge in [-0.1, -0.05) is 12.8 Å². The first-order valence-electron chi connectivity index (χ1n) is 10.2. The minimum Gasteiger partial charge on any atom is -1.00 e.